The molecule has 0 saturated heterocycles. The molecule has 1 aromatic carbocycles. The van der Waals surface area contributed by atoms with Crippen molar-refractivity contribution in [2.45, 2.75) is 25.8 Å². The van der Waals surface area contributed by atoms with Gasteiger partial charge in [0.2, 0.25) is 0 Å². The van der Waals surface area contributed by atoms with Crippen LogP contribution < -0.4 is 10.6 Å². The van der Waals surface area contributed by atoms with Crippen LogP contribution in [0.2, 0.25) is 0 Å². The third-order valence-electron chi connectivity index (χ3n) is 4.18. The van der Waals surface area contributed by atoms with Crippen LogP contribution in [0.15, 0.2) is 53.1 Å². The van der Waals surface area contributed by atoms with Crippen molar-refractivity contribution in [2.24, 2.45) is 4.99 Å². The van der Waals surface area contributed by atoms with E-state index in [4.69, 9.17) is 0 Å². The third-order valence-corrected chi connectivity index (χ3v) is 5.42. The zero-order chi connectivity index (χ0) is 18.4. The summed E-state index contributed by atoms with van der Waals surface area (Å²) in [5.74, 6) is 1.56. The molecule has 0 fully saturated rings. The molecule has 26 heavy (non-hydrogen) atoms. The Hall–Kier alpha value is -2.67. The van der Waals surface area contributed by atoms with Gasteiger partial charge in [-0.2, -0.15) is 5.10 Å². The minimum Gasteiger partial charge on any atom is -0.356 e. The molecular formula is C19H24N6S. The molecule has 3 rings (SSSR count). The van der Waals surface area contributed by atoms with Crippen LogP contribution in [0.25, 0.3) is 11.4 Å². The highest BCUT2D eigenvalue weighted by atomic mass is 32.1. The summed E-state index contributed by atoms with van der Waals surface area (Å²) in [5.41, 5.74) is 2.22. The van der Waals surface area contributed by atoms with E-state index in [0.717, 1.165) is 29.5 Å². The first kappa shape index (κ1) is 18.1. The summed E-state index contributed by atoms with van der Waals surface area (Å²) in [4.78, 5) is 9.89. The van der Waals surface area contributed by atoms with E-state index in [1.54, 1.807) is 18.4 Å². The lowest BCUT2D eigenvalue weighted by molar-refractivity contribution is 0.518. The van der Waals surface area contributed by atoms with Crippen molar-refractivity contribution in [1.82, 2.24) is 25.8 Å². The predicted molar refractivity (Wildman–Crippen MR) is 107 cm³/mol. The first-order valence-electron chi connectivity index (χ1n) is 8.52. The average Bonchev–Trinajstić information content (AvgIpc) is 3.36. The van der Waals surface area contributed by atoms with Gasteiger partial charge in [0.1, 0.15) is 6.33 Å². The lowest BCUT2D eigenvalue weighted by atomic mass is 9.91. The Morgan fingerprint density at radius 2 is 2.12 bits per heavy atom. The van der Waals surface area contributed by atoms with Crippen molar-refractivity contribution >= 4 is 17.3 Å². The van der Waals surface area contributed by atoms with Crippen LogP contribution >= 0.6 is 11.3 Å². The first-order valence-corrected chi connectivity index (χ1v) is 9.39. The highest BCUT2D eigenvalue weighted by Crippen LogP contribution is 2.26. The van der Waals surface area contributed by atoms with Gasteiger partial charge in [0.15, 0.2) is 11.8 Å². The summed E-state index contributed by atoms with van der Waals surface area (Å²) in [5, 5.41) is 15.7. The Kier molecular flexibility index (Phi) is 5.68. The van der Waals surface area contributed by atoms with E-state index in [-0.39, 0.29) is 5.41 Å². The van der Waals surface area contributed by atoms with Gasteiger partial charge >= 0.3 is 0 Å². The fourth-order valence-electron chi connectivity index (χ4n) is 2.64. The second-order valence-corrected chi connectivity index (χ2v) is 7.62. The van der Waals surface area contributed by atoms with E-state index >= 15 is 0 Å². The minimum absolute atomic E-state index is 0.0536. The maximum absolute atomic E-state index is 4.33. The predicted octanol–water partition coefficient (Wildman–Crippen LogP) is 3.18. The Morgan fingerprint density at radius 1 is 1.23 bits per heavy atom. The lowest BCUT2D eigenvalue weighted by Crippen LogP contribution is -2.42. The maximum Gasteiger partial charge on any atom is 0.191 e. The SMILES string of the molecule is CN=C(NCc1cccc(-c2ncn[nH]2)c1)NCC(C)(C)c1cccs1. The van der Waals surface area contributed by atoms with Gasteiger partial charge in [0, 0.05) is 36.0 Å². The molecule has 0 saturated carbocycles. The standard InChI is InChI=1S/C19H24N6S/c1-19(2,16-8-5-9-26-16)12-22-18(20-3)21-11-14-6-4-7-15(10-14)17-23-13-24-25-17/h4-10,13H,11-12H2,1-3H3,(H2,20,21,22)(H,23,24,25). The highest BCUT2D eigenvalue weighted by molar-refractivity contribution is 7.10. The number of hydrogen-bond donors (Lipinski definition) is 3. The number of aliphatic imine (C=N–C) groups is 1. The van der Waals surface area contributed by atoms with Crippen LogP contribution in [-0.2, 0) is 12.0 Å². The van der Waals surface area contributed by atoms with E-state index in [1.807, 2.05) is 12.1 Å². The van der Waals surface area contributed by atoms with Crippen molar-refractivity contribution < 1.29 is 0 Å². The monoisotopic (exact) mass is 368 g/mol. The summed E-state index contributed by atoms with van der Waals surface area (Å²) in [6, 6.07) is 12.5. The van der Waals surface area contributed by atoms with Gasteiger partial charge in [-0.25, -0.2) is 4.98 Å². The molecular weight excluding hydrogens is 344 g/mol. The summed E-state index contributed by atoms with van der Waals surface area (Å²) < 4.78 is 0. The molecule has 0 unspecified atom stereocenters. The fourth-order valence-corrected chi connectivity index (χ4v) is 3.49. The maximum atomic E-state index is 4.33. The average molecular weight is 369 g/mol. The Morgan fingerprint density at radius 3 is 2.81 bits per heavy atom. The molecule has 0 aliphatic heterocycles. The number of guanidine groups is 1. The van der Waals surface area contributed by atoms with Crippen molar-refractivity contribution in [3.8, 4) is 11.4 Å². The van der Waals surface area contributed by atoms with Gasteiger partial charge in [-0.15, -0.1) is 11.3 Å². The number of aromatic amines is 1. The number of nitrogens with one attached hydrogen (secondary N) is 3. The summed E-state index contributed by atoms with van der Waals surface area (Å²) in [6.07, 6.45) is 1.52. The Bertz CT molecular complexity index is 837. The van der Waals surface area contributed by atoms with Gasteiger partial charge in [-0.3, -0.25) is 10.1 Å². The molecule has 0 bridgehead atoms. The number of nitrogens with zero attached hydrogens (tertiary/aromatic N) is 3. The number of thiophene rings is 1. The zero-order valence-electron chi connectivity index (χ0n) is 15.3. The lowest BCUT2D eigenvalue weighted by Gasteiger charge is -2.25. The van der Waals surface area contributed by atoms with Crippen LogP contribution in [0.1, 0.15) is 24.3 Å². The first-order chi connectivity index (χ1) is 12.6. The van der Waals surface area contributed by atoms with Crippen LogP contribution in [0.5, 0.6) is 0 Å². The quantitative estimate of drug-likeness (QED) is 0.461. The van der Waals surface area contributed by atoms with Crippen LogP contribution in [0.3, 0.4) is 0 Å². The van der Waals surface area contributed by atoms with Gasteiger partial charge in [0.25, 0.3) is 0 Å². The number of rotatable bonds is 6. The van der Waals surface area contributed by atoms with Gasteiger partial charge in [0.05, 0.1) is 0 Å². The Labute approximate surface area is 157 Å². The van der Waals surface area contributed by atoms with E-state index in [9.17, 15) is 0 Å². The van der Waals surface area contributed by atoms with Gasteiger partial charge in [-0.1, -0.05) is 38.1 Å². The summed E-state index contributed by atoms with van der Waals surface area (Å²) in [6.45, 7) is 5.96. The van der Waals surface area contributed by atoms with Crippen molar-refractivity contribution in [2.75, 3.05) is 13.6 Å². The Balaban J connectivity index is 1.57. The van der Waals surface area contributed by atoms with Crippen LogP contribution in [-0.4, -0.2) is 34.7 Å². The van der Waals surface area contributed by atoms with Crippen LogP contribution in [0, 0.1) is 0 Å². The molecule has 0 atom stereocenters. The number of benzene rings is 1. The highest BCUT2D eigenvalue weighted by Gasteiger charge is 2.21. The second kappa shape index (κ2) is 8.14. The molecule has 136 valence electrons. The molecule has 3 aromatic rings. The largest absolute Gasteiger partial charge is 0.356 e. The summed E-state index contributed by atoms with van der Waals surface area (Å²) >= 11 is 1.79. The topological polar surface area (TPSA) is 78.0 Å². The minimum atomic E-state index is 0.0536. The van der Waals surface area contributed by atoms with Crippen molar-refractivity contribution in [3.05, 3.63) is 58.5 Å². The second-order valence-electron chi connectivity index (χ2n) is 6.67. The van der Waals surface area contributed by atoms with E-state index < -0.39 is 0 Å². The number of aromatic nitrogens is 3. The van der Waals surface area contributed by atoms with Gasteiger partial charge < -0.3 is 10.6 Å². The van der Waals surface area contributed by atoms with Gasteiger partial charge in [-0.05, 0) is 23.1 Å². The third kappa shape index (κ3) is 4.49. The molecule has 2 aromatic heterocycles. The molecule has 2 heterocycles. The summed E-state index contributed by atoms with van der Waals surface area (Å²) in [7, 11) is 1.79. The van der Waals surface area contributed by atoms with Crippen LogP contribution in [0.4, 0.5) is 0 Å². The van der Waals surface area contributed by atoms with Crippen molar-refractivity contribution in [1.29, 1.82) is 0 Å². The normalized spacial score (nSPS) is 12.2. The van der Waals surface area contributed by atoms with Crippen molar-refractivity contribution in [3.63, 3.8) is 0 Å². The molecule has 7 heteroatoms. The molecule has 3 N–H and O–H groups in total. The zero-order valence-corrected chi connectivity index (χ0v) is 16.1. The molecule has 6 nitrogen and oxygen atoms in total. The number of H-pyrrole nitrogens is 1. The molecule has 0 amide bonds. The van der Waals surface area contributed by atoms with E-state index in [0.29, 0.717) is 6.54 Å². The fraction of sp³-hybridized carbons (Fsp3) is 0.316. The molecule has 0 radical (unpaired) electrons. The van der Waals surface area contributed by atoms with E-state index in [2.05, 4.69) is 74.3 Å². The molecule has 0 aliphatic carbocycles. The smallest absolute Gasteiger partial charge is 0.191 e. The van der Waals surface area contributed by atoms with E-state index in [1.165, 1.54) is 11.2 Å². The molecule has 0 aliphatic rings. The molecule has 0 spiro atoms. The number of hydrogen-bond acceptors (Lipinski definition) is 4.